The van der Waals surface area contributed by atoms with Crippen LogP contribution in [0, 0.1) is 18.3 Å². The molecule has 94 valence electrons. The van der Waals surface area contributed by atoms with E-state index in [-0.39, 0.29) is 5.92 Å². The number of hydrogen-bond donors (Lipinski definition) is 2. The molecule has 0 aromatic carbocycles. The molecule has 0 amide bonds. The van der Waals surface area contributed by atoms with Crippen molar-refractivity contribution >= 4 is 5.84 Å². The molecule has 0 aliphatic carbocycles. The van der Waals surface area contributed by atoms with Crippen molar-refractivity contribution in [1.29, 1.82) is 5.41 Å². The van der Waals surface area contributed by atoms with E-state index in [9.17, 15) is 0 Å². The number of aromatic nitrogens is 2. The van der Waals surface area contributed by atoms with E-state index in [1.807, 2.05) is 18.7 Å². The van der Waals surface area contributed by atoms with Crippen molar-refractivity contribution in [3.63, 3.8) is 0 Å². The van der Waals surface area contributed by atoms with Gasteiger partial charge in [-0.2, -0.15) is 5.10 Å². The van der Waals surface area contributed by atoms with Crippen molar-refractivity contribution in [3.8, 4) is 0 Å². The third kappa shape index (κ3) is 2.85. The molecule has 2 heterocycles. The minimum atomic E-state index is 0.234. The minimum Gasteiger partial charge on any atom is -0.387 e. The smallest absolute Gasteiger partial charge is 0.0949 e. The first kappa shape index (κ1) is 12.1. The summed E-state index contributed by atoms with van der Waals surface area (Å²) in [7, 11) is 1.98. The Hall–Kier alpha value is -1.36. The number of aryl methyl sites for hydroxylation is 2. The van der Waals surface area contributed by atoms with Crippen LogP contribution >= 0.6 is 0 Å². The zero-order valence-electron chi connectivity index (χ0n) is 10.6. The second kappa shape index (κ2) is 4.87. The quantitative estimate of drug-likeness (QED) is 0.603. The maximum Gasteiger partial charge on any atom is 0.0949 e. The van der Waals surface area contributed by atoms with Crippen LogP contribution in [0.4, 0.5) is 0 Å². The standard InChI is InChI=1S/C12H21N5/c1-9-6-11(16(2)15-9)8-17-5-3-4-10(7-17)12(13)14/h6,10H,3-5,7-8H2,1-2H3,(H3,13,14). The third-order valence-corrected chi connectivity index (χ3v) is 3.43. The van der Waals surface area contributed by atoms with Crippen LogP contribution in [0.2, 0.25) is 0 Å². The molecule has 1 atom stereocenters. The van der Waals surface area contributed by atoms with E-state index in [0.717, 1.165) is 38.2 Å². The normalized spacial score (nSPS) is 21.6. The van der Waals surface area contributed by atoms with Crippen LogP contribution in [0.15, 0.2) is 6.07 Å². The average molecular weight is 235 g/mol. The zero-order valence-corrected chi connectivity index (χ0v) is 10.6. The fourth-order valence-electron chi connectivity index (χ4n) is 2.49. The molecule has 2 rings (SSSR count). The summed E-state index contributed by atoms with van der Waals surface area (Å²) in [5.41, 5.74) is 7.88. The van der Waals surface area contributed by atoms with E-state index in [0.29, 0.717) is 5.84 Å². The first-order chi connectivity index (χ1) is 8.06. The number of piperidine rings is 1. The molecule has 3 N–H and O–H groups in total. The Bertz CT molecular complexity index is 409. The molecule has 1 fully saturated rings. The van der Waals surface area contributed by atoms with Gasteiger partial charge < -0.3 is 5.73 Å². The molecule has 0 spiro atoms. The Morgan fingerprint density at radius 2 is 2.41 bits per heavy atom. The van der Waals surface area contributed by atoms with Crippen LogP contribution in [0.25, 0.3) is 0 Å². The van der Waals surface area contributed by atoms with Gasteiger partial charge in [-0.25, -0.2) is 0 Å². The molecule has 1 unspecified atom stereocenters. The van der Waals surface area contributed by atoms with Crippen LogP contribution in [0.3, 0.4) is 0 Å². The van der Waals surface area contributed by atoms with E-state index < -0.39 is 0 Å². The predicted octanol–water partition coefficient (Wildman–Crippen LogP) is 0.876. The molecular formula is C12H21N5. The molecule has 1 aromatic rings. The second-order valence-corrected chi connectivity index (χ2v) is 4.93. The highest BCUT2D eigenvalue weighted by Gasteiger charge is 2.22. The van der Waals surface area contributed by atoms with Crippen LogP contribution in [-0.2, 0) is 13.6 Å². The van der Waals surface area contributed by atoms with Gasteiger partial charge in [0.2, 0.25) is 0 Å². The van der Waals surface area contributed by atoms with Gasteiger partial charge >= 0.3 is 0 Å². The summed E-state index contributed by atoms with van der Waals surface area (Å²) in [4.78, 5) is 2.37. The summed E-state index contributed by atoms with van der Waals surface area (Å²) in [6.45, 7) is 4.91. The predicted molar refractivity (Wildman–Crippen MR) is 67.9 cm³/mol. The van der Waals surface area contributed by atoms with E-state index in [1.165, 1.54) is 5.69 Å². The fourth-order valence-corrected chi connectivity index (χ4v) is 2.49. The lowest BCUT2D eigenvalue weighted by atomic mass is 9.97. The molecule has 1 aromatic heterocycles. The van der Waals surface area contributed by atoms with Gasteiger partial charge in [0.15, 0.2) is 0 Å². The minimum absolute atomic E-state index is 0.234. The Morgan fingerprint density at radius 1 is 1.65 bits per heavy atom. The van der Waals surface area contributed by atoms with Crippen molar-refractivity contribution < 1.29 is 0 Å². The van der Waals surface area contributed by atoms with Crippen molar-refractivity contribution in [3.05, 3.63) is 17.5 Å². The molecule has 0 saturated carbocycles. The fraction of sp³-hybridized carbons (Fsp3) is 0.667. The number of hydrogen-bond acceptors (Lipinski definition) is 3. The van der Waals surface area contributed by atoms with Gasteiger partial charge in [0, 0.05) is 26.1 Å². The zero-order chi connectivity index (χ0) is 12.4. The van der Waals surface area contributed by atoms with E-state index in [4.69, 9.17) is 11.1 Å². The topological polar surface area (TPSA) is 70.9 Å². The van der Waals surface area contributed by atoms with Crippen LogP contribution in [-0.4, -0.2) is 33.6 Å². The van der Waals surface area contributed by atoms with E-state index >= 15 is 0 Å². The van der Waals surface area contributed by atoms with Crippen LogP contribution in [0.5, 0.6) is 0 Å². The summed E-state index contributed by atoms with van der Waals surface area (Å²) < 4.78 is 1.94. The van der Waals surface area contributed by atoms with Gasteiger partial charge in [-0.15, -0.1) is 0 Å². The molecule has 17 heavy (non-hydrogen) atoms. The van der Waals surface area contributed by atoms with Crippen molar-refractivity contribution in [1.82, 2.24) is 14.7 Å². The number of nitrogens with one attached hydrogen (secondary N) is 1. The Balaban J connectivity index is 1.99. The van der Waals surface area contributed by atoms with Crippen molar-refractivity contribution in [2.75, 3.05) is 13.1 Å². The molecular weight excluding hydrogens is 214 g/mol. The van der Waals surface area contributed by atoms with E-state index in [1.54, 1.807) is 0 Å². The molecule has 5 heteroatoms. The summed E-state index contributed by atoms with van der Waals surface area (Å²) in [6, 6.07) is 2.12. The highest BCUT2D eigenvalue weighted by molar-refractivity contribution is 5.79. The first-order valence-electron chi connectivity index (χ1n) is 6.12. The molecule has 1 aliphatic heterocycles. The van der Waals surface area contributed by atoms with Gasteiger partial charge in [-0.1, -0.05) is 0 Å². The summed E-state index contributed by atoms with van der Waals surface area (Å²) in [5.74, 6) is 0.564. The molecule has 0 bridgehead atoms. The lowest BCUT2D eigenvalue weighted by Gasteiger charge is -2.31. The first-order valence-corrected chi connectivity index (χ1v) is 6.12. The van der Waals surface area contributed by atoms with Gasteiger partial charge in [-0.05, 0) is 32.4 Å². The second-order valence-electron chi connectivity index (χ2n) is 4.93. The Labute approximate surface area is 102 Å². The van der Waals surface area contributed by atoms with E-state index in [2.05, 4.69) is 16.1 Å². The number of nitrogens with two attached hydrogens (primary N) is 1. The molecule has 0 radical (unpaired) electrons. The summed E-state index contributed by atoms with van der Waals surface area (Å²) in [5, 5.41) is 11.9. The van der Waals surface area contributed by atoms with Gasteiger partial charge in [0.25, 0.3) is 0 Å². The summed E-state index contributed by atoms with van der Waals surface area (Å²) in [6.07, 6.45) is 2.18. The molecule has 1 aliphatic rings. The number of amidine groups is 1. The maximum absolute atomic E-state index is 7.54. The van der Waals surface area contributed by atoms with Gasteiger partial charge in [0.1, 0.15) is 0 Å². The average Bonchev–Trinajstić information content (AvgIpc) is 2.58. The molecule has 5 nitrogen and oxygen atoms in total. The number of rotatable bonds is 3. The SMILES string of the molecule is Cc1cc(CN2CCCC(C(=N)N)C2)n(C)n1. The van der Waals surface area contributed by atoms with Crippen LogP contribution in [0.1, 0.15) is 24.2 Å². The highest BCUT2D eigenvalue weighted by Crippen LogP contribution is 2.18. The number of likely N-dealkylation sites (tertiary alicyclic amines) is 1. The van der Waals surface area contributed by atoms with Crippen LogP contribution < -0.4 is 5.73 Å². The van der Waals surface area contributed by atoms with Crippen molar-refractivity contribution in [2.45, 2.75) is 26.3 Å². The monoisotopic (exact) mass is 235 g/mol. The maximum atomic E-state index is 7.54. The van der Waals surface area contributed by atoms with Gasteiger partial charge in [-0.3, -0.25) is 15.0 Å². The summed E-state index contributed by atoms with van der Waals surface area (Å²) >= 11 is 0. The third-order valence-electron chi connectivity index (χ3n) is 3.43. The van der Waals surface area contributed by atoms with Crippen molar-refractivity contribution in [2.24, 2.45) is 18.7 Å². The lowest BCUT2D eigenvalue weighted by Crippen LogP contribution is -2.40. The molecule has 1 saturated heterocycles. The largest absolute Gasteiger partial charge is 0.387 e. The lowest BCUT2D eigenvalue weighted by molar-refractivity contribution is 0.191. The Morgan fingerprint density at radius 3 is 3.00 bits per heavy atom. The number of nitrogens with zero attached hydrogens (tertiary/aromatic N) is 3. The Kier molecular flexibility index (Phi) is 3.47. The highest BCUT2D eigenvalue weighted by atomic mass is 15.3. The van der Waals surface area contributed by atoms with Gasteiger partial charge in [0.05, 0.1) is 17.2 Å².